The van der Waals surface area contributed by atoms with E-state index in [-0.39, 0.29) is 12.3 Å². The van der Waals surface area contributed by atoms with Crippen LogP contribution in [0, 0.1) is 5.92 Å². The molecule has 6 heteroatoms. The first kappa shape index (κ1) is 18.2. The van der Waals surface area contributed by atoms with Gasteiger partial charge in [0.25, 0.3) is 0 Å². The fourth-order valence-electron chi connectivity index (χ4n) is 3.01. The number of ether oxygens (including phenoxy) is 1. The molecule has 1 saturated carbocycles. The highest BCUT2D eigenvalue weighted by atomic mass is 16.6. The zero-order valence-electron chi connectivity index (χ0n) is 14.9. The number of carboxylic acids is 1. The Morgan fingerprint density at radius 3 is 2.81 bits per heavy atom. The van der Waals surface area contributed by atoms with Gasteiger partial charge in [-0.15, -0.1) is 0 Å². The van der Waals surface area contributed by atoms with Crippen LogP contribution in [0.15, 0.2) is 42.5 Å². The Hall–Kier alpha value is -2.60. The second kappa shape index (κ2) is 8.67. The third kappa shape index (κ3) is 5.20. The lowest BCUT2D eigenvalue weighted by molar-refractivity contribution is -0.137. The Labute approximate surface area is 153 Å². The number of hydrogen-bond acceptors (Lipinski definition) is 5. The molecular weight excluding hydrogens is 332 g/mol. The van der Waals surface area contributed by atoms with Crippen molar-refractivity contribution >= 4 is 11.8 Å². The number of benzene rings is 1. The van der Waals surface area contributed by atoms with Crippen molar-refractivity contribution in [1.82, 2.24) is 4.98 Å². The summed E-state index contributed by atoms with van der Waals surface area (Å²) in [5.41, 5.74) is 4.92. The van der Waals surface area contributed by atoms with E-state index in [1.807, 2.05) is 49.4 Å². The Kier molecular flexibility index (Phi) is 6.07. The number of anilines is 1. The average Bonchev–Trinajstić information content (AvgIpc) is 3.39. The van der Waals surface area contributed by atoms with Gasteiger partial charge in [-0.3, -0.25) is 9.63 Å². The van der Waals surface area contributed by atoms with Crippen LogP contribution in [0.1, 0.15) is 36.9 Å². The van der Waals surface area contributed by atoms with E-state index in [4.69, 9.17) is 14.7 Å². The van der Waals surface area contributed by atoms with E-state index in [0.29, 0.717) is 31.4 Å². The second-order valence-corrected chi connectivity index (χ2v) is 6.42. The van der Waals surface area contributed by atoms with Crippen molar-refractivity contribution in [3.8, 4) is 5.75 Å². The number of aliphatic carboxylic acids is 1. The molecule has 26 heavy (non-hydrogen) atoms. The molecule has 6 nitrogen and oxygen atoms in total. The van der Waals surface area contributed by atoms with Crippen LogP contribution in [-0.4, -0.2) is 29.3 Å². The minimum absolute atomic E-state index is 0.257. The molecule has 1 aliphatic carbocycles. The molecular formula is C20H24N2O4. The highest BCUT2D eigenvalue weighted by molar-refractivity contribution is 5.67. The molecule has 1 aromatic carbocycles. The van der Waals surface area contributed by atoms with Crippen molar-refractivity contribution in [3.05, 3.63) is 53.7 Å². The number of pyridine rings is 1. The Morgan fingerprint density at radius 2 is 2.08 bits per heavy atom. The van der Waals surface area contributed by atoms with Crippen LogP contribution >= 0.6 is 0 Å². The maximum atomic E-state index is 10.8. The van der Waals surface area contributed by atoms with Crippen molar-refractivity contribution in [1.29, 1.82) is 0 Å². The summed E-state index contributed by atoms with van der Waals surface area (Å²) < 4.78 is 5.79. The molecule has 1 aliphatic rings. The Bertz CT molecular complexity index is 733. The van der Waals surface area contributed by atoms with E-state index in [2.05, 4.69) is 10.5 Å². The number of aromatic nitrogens is 1. The molecule has 138 valence electrons. The van der Waals surface area contributed by atoms with Crippen molar-refractivity contribution < 1.29 is 19.5 Å². The van der Waals surface area contributed by atoms with Crippen molar-refractivity contribution in [3.63, 3.8) is 0 Å². The first-order valence-corrected chi connectivity index (χ1v) is 8.94. The van der Waals surface area contributed by atoms with Gasteiger partial charge in [0.2, 0.25) is 0 Å². The van der Waals surface area contributed by atoms with Gasteiger partial charge in [0, 0.05) is 18.5 Å². The van der Waals surface area contributed by atoms with Gasteiger partial charge in [0.1, 0.15) is 11.6 Å². The first-order chi connectivity index (χ1) is 12.7. The molecule has 0 radical (unpaired) electrons. The molecule has 0 bridgehead atoms. The fourth-order valence-corrected chi connectivity index (χ4v) is 3.01. The summed E-state index contributed by atoms with van der Waals surface area (Å²) in [5, 5.41) is 8.85. The fraction of sp³-hybridized carbons (Fsp3) is 0.400. The largest absolute Gasteiger partial charge is 0.493 e. The Balaban J connectivity index is 1.45. The number of nitrogens with zero attached hydrogens (tertiary/aromatic N) is 1. The van der Waals surface area contributed by atoms with Crippen LogP contribution < -0.4 is 10.2 Å². The van der Waals surface area contributed by atoms with Gasteiger partial charge in [0.15, 0.2) is 0 Å². The lowest BCUT2D eigenvalue weighted by Crippen LogP contribution is -2.06. The Morgan fingerprint density at radius 1 is 1.27 bits per heavy atom. The molecule has 3 rings (SSSR count). The van der Waals surface area contributed by atoms with Crippen molar-refractivity contribution in [2.24, 2.45) is 5.92 Å². The van der Waals surface area contributed by atoms with Gasteiger partial charge < -0.3 is 9.84 Å². The van der Waals surface area contributed by atoms with Gasteiger partial charge in [-0.1, -0.05) is 18.2 Å². The maximum Gasteiger partial charge on any atom is 0.303 e. The first-order valence-electron chi connectivity index (χ1n) is 8.94. The minimum Gasteiger partial charge on any atom is -0.493 e. The number of carboxylic acid groups (broad SMARTS) is 1. The topological polar surface area (TPSA) is 80.7 Å². The summed E-state index contributed by atoms with van der Waals surface area (Å²) in [6, 6.07) is 13.7. The number of nitrogens with one attached hydrogen (secondary N) is 1. The van der Waals surface area contributed by atoms with E-state index in [9.17, 15) is 4.79 Å². The summed E-state index contributed by atoms with van der Waals surface area (Å²) in [7, 11) is 0. The lowest BCUT2D eigenvalue weighted by Gasteiger charge is -2.09. The molecule has 0 saturated heterocycles. The molecule has 2 unspecified atom stereocenters. The number of rotatable bonds is 10. The zero-order valence-corrected chi connectivity index (χ0v) is 14.9. The number of carbonyl (C=O) groups is 1. The molecule has 2 atom stereocenters. The molecule has 1 heterocycles. The van der Waals surface area contributed by atoms with Gasteiger partial charge >= 0.3 is 5.97 Å². The highest BCUT2D eigenvalue weighted by Crippen LogP contribution is 2.49. The van der Waals surface area contributed by atoms with Gasteiger partial charge in [-0.25, -0.2) is 10.5 Å². The second-order valence-electron chi connectivity index (χ2n) is 6.42. The number of hydrogen-bond donors (Lipinski definition) is 2. The molecule has 2 N–H and O–H groups in total. The molecule has 0 aliphatic heterocycles. The van der Waals surface area contributed by atoms with E-state index in [0.717, 1.165) is 17.9 Å². The normalized spacial score (nSPS) is 18.3. The molecule has 1 fully saturated rings. The van der Waals surface area contributed by atoms with Gasteiger partial charge in [-0.05, 0) is 55.0 Å². The maximum absolute atomic E-state index is 10.8. The van der Waals surface area contributed by atoms with Crippen LogP contribution in [-0.2, 0) is 16.1 Å². The molecule has 1 aromatic heterocycles. The van der Waals surface area contributed by atoms with Crippen LogP contribution in [0.3, 0.4) is 0 Å². The smallest absolute Gasteiger partial charge is 0.303 e. The monoisotopic (exact) mass is 356 g/mol. The van der Waals surface area contributed by atoms with Crippen LogP contribution in [0.5, 0.6) is 5.75 Å². The third-order valence-corrected chi connectivity index (χ3v) is 4.42. The SMILES string of the molecule is CCONc1cccc(CCOc2ccc(C3CC3CC(=O)O)cc2)n1. The summed E-state index contributed by atoms with van der Waals surface area (Å²) in [6.45, 7) is 3.02. The average molecular weight is 356 g/mol. The predicted octanol–water partition coefficient (Wildman–Crippen LogP) is 3.64. The predicted molar refractivity (Wildman–Crippen MR) is 98.2 cm³/mol. The summed E-state index contributed by atoms with van der Waals surface area (Å²) in [4.78, 5) is 20.3. The van der Waals surface area contributed by atoms with Crippen LogP contribution in [0.2, 0.25) is 0 Å². The standard InChI is InChI=1S/C20H24N2O4/c1-2-26-22-19-5-3-4-16(21-19)10-11-25-17-8-6-14(7-9-17)18-12-15(18)13-20(23)24/h3-9,15,18H,2,10-13H2,1H3,(H,21,22)(H,23,24). The minimum atomic E-state index is -0.716. The van der Waals surface area contributed by atoms with E-state index in [1.54, 1.807) is 0 Å². The lowest BCUT2D eigenvalue weighted by atomic mass is 10.1. The van der Waals surface area contributed by atoms with E-state index >= 15 is 0 Å². The summed E-state index contributed by atoms with van der Waals surface area (Å²) in [5.74, 6) is 1.45. The van der Waals surface area contributed by atoms with E-state index in [1.165, 1.54) is 5.56 Å². The van der Waals surface area contributed by atoms with Gasteiger partial charge in [0.05, 0.1) is 13.2 Å². The third-order valence-electron chi connectivity index (χ3n) is 4.42. The summed E-state index contributed by atoms with van der Waals surface area (Å²) >= 11 is 0. The highest BCUT2D eigenvalue weighted by Gasteiger charge is 2.39. The molecule has 2 aromatic rings. The molecule has 0 amide bonds. The quantitative estimate of drug-likeness (QED) is 0.633. The van der Waals surface area contributed by atoms with Crippen molar-refractivity contribution in [2.45, 2.75) is 32.1 Å². The van der Waals surface area contributed by atoms with Crippen LogP contribution in [0.4, 0.5) is 5.82 Å². The van der Waals surface area contributed by atoms with Gasteiger partial charge in [-0.2, -0.15) is 0 Å². The molecule has 0 spiro atoms. The van der Waals surface area contributed by atoms with Crippen LogP contribution in [0.25, 0.3) is 0 Å². The van der Waals surface area contributed by atoms with E-state index < -0.39 is 5.97 Å². The zero-order chi connectivity index (χ0) is 18.4. The summed E-state index contributed by atoms with van der Waals surface area (Å²) in [6.07, 6.45) is 1.92. The van der Waals surface area contributed by atoms with Crippen molar-refractivity contribution in [2.75, 3.05) is 18.7 Å².